The van der Waals surface area contributed by atoms with Gasteiger partial charge in [-0.15, -0.1) is 4.33 Å². The van der Waals surface area contributed by atoms with Crippen LogP contribution in [0.4, 0.5) is 0 Å². The predicted octanol–water partition coefficient (Wildman–Crippen LogP) is 2.85. The second-order valence-corrected chi connectivity index (χ2v) is 16.1. The molecular formula is C30H46O16S2. The van der Waals surface area contributed by atoms with Crippen LogP contribution < -0.4 is 0 Å². The summed E-state index contributed by atoms with van der Waals surface area (Å²) in [7, 11) is -5.24. The van der Waals surface area contributed by atoms with Crippen LogP contribution in [0.3, 0.4) is 0 Å². The van der Waals surface area contributed by atoms with Gasteiger partial charge in [0.05, 0.1) is 24.7 Å². The van der Waals surface area contributed by atoms with E-state index in [1.807, 2.05) is 0 Å². The maximum atomic E-state index is 13.0. The van der Waals surface area contributed by atoms with E-state index in [0.717, 1.165) is 24.8 Å². The van der Waals surface area contributed by atoms with E-state index in [-0.39, 0.29) is 48.8 Å². The molecule has 1 saturated heterocycles. The fourth-order valence-corrected chi connectivity index (χ4v) is 10.6. The quantitative estimate of drug-likeness (QED) is 0.0268. The van der Waals surface area contributed by atoms with Crippen molar-refractivity contribution in [1.29, 1.82) is 0 Å². The molecule has 5 N–H and O–H groups in total. The summed E-state index contributed by atoms with van der Waals surface area (Å²) in [6.45, 7) is 8.94. The minimum atomic E-state index is -5.24. The van der Waals surface area contributed by atoms with Crippen molar-refractivity contribution in [1.82, 2.24) is 0 Å². The molecule has 0 aromatic heterocycles. The molecule has 0 aromatic rings. The second-order valence-electron chi connectivity index (χ2n) is 14.6. The molecule has 4 saturated carbocycles. The van der Waals surface area contributed by atoms with E-state index < -0.39 is 88.6 Å². The molecule has 16 nitrogen and oxygen atoms in total. The highest BCUT2D eigenvalue weighted by atomic mass is 32.3. The number of carbonyl (C=O) groups is 2. The maximum absolute atomic E-state index is 13.0. The lowest BCUT2D eigenvalue weighted by atomic mass is 9.43. The van der Waals surface area contributed by atoms with Crippen LogP contribution in [0.15, 0.2) is 12.2 Å². The summed E-state index contributed by atoms with van der Waals surface area (Å²) in [6, 6.07) is 0. The van der Waals surface area contributed by atoms with E-state index in [1.165, 1.54) is 0 Å². The highest BCUT2D eigenvalue weighted by molar-refractivity contribution is 7.89. The number of hydrogen-bond acceptors (Lipinski definition) is 15. The van der Waals surface area contributed by atoms with Gasteiger partial charge in [0.1, 0.15) is 12.2 Å². The zero-order valence-electron chi connectivity index (χ0n) is 27.0. The average Bonchev–Trinajstić information content (AvgIpc) is 3.16. The molecule has 13 atom stereocenters. The number of carboxylic acids is 1. The second kappa shape index (κ2) is 14.7. The van der Waals surface area contributed by atoms with Gasteiger partial charge in [-0.25, -0.2) is 9.44 Å². The molecule has 18 heteroatoms. The third-order valence-corrected chi connectivity index (χ3v) is 12.4. The van der Waals surface area contributed by atoms with E-state index in [9.17, 15) is 37.9 Å². The molecule has 48 heavy (non-hydrogen) atoms. The Morgan fingerprint density at radius 2 is 1.88 bits per heavy atom. The van der Waals surface area contributed by atoms with Crippen LogP contribution >= 0.6 is 12.3 Å². The molecule has 5 aliphatic rings. The van der Waals surface area contributed by atoms with Gasteiger partial charge in [0, 0.05) is 11.8 Å². The molecule has 0 aromatic carbocycles. The van der Waals surface area contributed by atoms with E-state index in [1.54, 1.807) is 13.8 Å². The van der Waals surface area contributed by atoms with E-state index in [4.69, 9.17) is 27.8 Å². The number of esters is 1. The van der Waals surface area contributed by atoms with Crippen LogP contribution in [0, 0.1) is 40.4 Å². The van der Waals surface area contributed by atoms with Crippen molar-refractivity contribution in [3.05, 3.63) is 12.2 Å². The van der Waals surface area contributed by atoms with Crippen LogP contribution in [0.2, 0.25) is 0 Å². The summed E-state index contributed by atoms with van der Waals surface area (Å²) in [4.78, 5) is 25.8. The van der Waals surface area contributed by atoms with E-state index in [2.05, 4.69) is 22.9 Å². The first-order valence-electron chi connectivity index (χ1n) is 16.2. The zero-order chi connectivity index (χ0) is 35.2. The lowest BCUT2D eigenvalue weighted by Gasteiger charge is -2.62. The van der Waals surface area contributed by atoms with E-state index in [0.29, 0.717) is 19.3 Å². The van der Waals surface area contributed by atoms with Gasteiger partial charge < -0.3 is 29.5 Å². The van der Waals surface area contributed by atoms with Gasteiger partial charge in [-0.1, -0.05) is 32.4 Å². The van der Waals surface area contributed by atoms with Crippen LogP contribution in [0.25, 0.3) is 0 Å². The molecule has 1 heterocycles. The highest BCUT2D eigenvalue weighted by Gasteiger charge is 2.67. The summed E-state index contributed by atoms with van der Waals surface area (Å²) in [5.74, 6) is -2.80. The average molecular weight is 727 g/mol. The predicted molar refractivity (Wildman–Crippen MR) is 163 cm³/mol. The standard InChI is InChI=1S/C30H46O16S2/c1-14(2)9-22(32)42-25-24(44-48(37,38)39)23(43-47-46-45-36)20(13-31)41-28(25)40-17-10-18(27(34)35)19-7-8-30-11-16(15(3)26(30)33)5-6-21(30)29(19,4)12-17/h14,16-21,23-26,28,31,33,36H,3,5-13H2,1-2,4H3,(H,34,35)(H,37,38,39)/t16-,17+,18+,19+,20?,21-,23+,24-,25+,26-,28+,29+,30+/m0/s1. The third-order valence-electron chi connectivity index (χ3n) is 11.5. The third kappa shape index (κ3) is 7.32. The number of fused-ring (bicyclic) bond motifs is 3. The van der Waals surface area contributed by atoms with Gasteiger partial charge in [-0.2, -0.15) is 8.42 Å². The number of aliphatic hydroxyl groups is 2. The van der Waals surface area contributed by atoms with Crippen LogP contribution in [-0.4, -0.2) is 95.0 Å². The number of rotatable bonds is 13. The Morgan fingerprint density at radius 1 is 1.15 bits per heavy atom. The van der Waals surface area contributed by atoms with E-state index >= 15 is 0 Å². The van der Waals surface area contributed by atoms with Crippen molar-refractivity contribution in [3.63, 3.8) is 0 Å². The van der Waals surface area contributed by atoms with Crippen molar-refractivity contribution in [3.8, 4) is 0 Å². The summed E-state index contributed by atoms with van der Waals surface area (Å²) in [5.41, 5.74) is -0.180. The van der Waals surface area contributed by atoms with Crippen molar-refractivity contribution >= 4 is 34.7 Å². The van der Waals surface area contributed by atoms with Gasteiger partial charge in [0.2, 0.25) is 0 Å². The fraction of sp³-hybridized carbons (Fsp3) is 0.867. The van der Waals surface area contributed by atoms with Crippen molar-refractivity contribution < 1.29 is 75.1 Å². The van der Waals surface area contributed by atoms with Crippen LogP contribution in [0.5, 0.6) is 0 Å². The van der Waals surface area contributed by atoms with Crippen LogP contribution in [-0.2, 0) is 51.9 Å². The smallest absolute Gasteiger partial charge is 0.397 e. The fourth-order valence-electron chi connectivity index (χ4n) is 9.76. The minimum absolute atomic E-state index is 0.0154. The first-order valence-corrected chi connectivity index (χ1v) is 18.2. The molecule has 2 bridgehead atoms. The molecule has 1 aliphatic heterocycles. The molecule has 274 valence electrons. The Balaban J connectivity index is 1.49. The van der Waals surface area contributed by atoms with Crippen molar-refractivity contribution in [2.45, 2.75) is 115 Å². The van der Waals surface area contributed by atoms with Crippen LogP contribution in [0.1, 0.15) is 72.1 Å². The lowest BCUT2D eigenvalue weighted by Crippen LogP contribution is -2.63. The summed E-state index contributed by atoms with van der Waals surface area (Å²) in [5, 5.41) is 44.1. The molecule has 1 spiro atoms. The number of aliphatic carboxylic acids is 1. The summed E-state index contributed by atoms with van der Waals surface area (Å²) in [6.07, 6.45) is -5.72. The molecule has 0 radical (unpaired) electrons. The molecule has 5 rings (SSSR count). The zero-order valence-corrected chi connectivity index (χ0v) is 28.7. The molecular weight excluding hydrogens is 680 g/mol. The largest absolute Gasteiger partial charge is 0.481 e. The van der Waals surface area contributed by atoms with Gasteiger partial charge in [0.15, 0.2) is 30.8 Å². The number of ether oxygens (including phenoxy) is 3. The Hall–Kier alpha value is -1.42. The van der Waals surface area contributed by atoms with Crippen molar-refractivity contribution in [2.24, 2.45) is 40.4 Å². The topological polar surface area (TPSA) is 234 Å². The van der Waals surface area contributed by atoms with Crippen molar-refractivity contribution in [2.75, 3.05) is 6.61 Å². The Labute approximate surface area is 283 Å². The molecule has 1 unspecified atom stereocenters. The van der Waals surface area contributed by atoms with Gasteiger partial charge in [0.25, 0.3) is 0 Å². The first kappa shape index (κ1) is 37.8. The maximum Gasteiger partial charge on any atom is 0.397 e. The number of carboxylic acid groups (broad SMARTS) is 1. The lowest BCUT2D eigenvalue weighted by molar-refractivity contribution is -0.435. The Kier molecular flexibility index (Phi) is 11.6. The molecule has 4 aliphatic carbocycles. The summed E-state index contributed by atoms with van der Waals surface area (Å²) >= 11 is 0.0154. The summed E-state index contributed by atoms with van der Waals surface area (Å²) < 4.78 is 66.3. The highest BCUT2D eigenvalue weighted by Crippen LogP contribution is 2.70. The molecule has 0 amide bonds. The van der Waals surface area contributed by atoms with Gasteiger partial charge in [-0.05, 0) is 79.6 Å². The number of hydrogen-bond donors (Lipinski definition) is 5. The SMILES string of the molecule is C=C1[C@H]2CC[C@H]3[C@]4(C)C[C@H](O[C@@H]5OC(CO)[C@@H](OSOOO)[C@H](OS(=O)(=O)O)[C@H]5OC(=O)CC(C)C)C[C@@H](C(=O)O)[C@H]4CC[C@]3(C2)[C@H]1O. The first-order chi connectivity index (χ1) is 22.5. The van der Waals surface area contributed by atoms with Gasteiger partial charge in [-0.3, -0.25) is 18.3 Å². The Bertz CT molecular complexity index is 1310. The Morgan fingerprint density at radius 3 is 2.50 bits per heavy atom. The van der Waals surface area contributed by atoms with Gasteiger partial charge >= 0.3 is 22.3 Å². The normalized spacial score (nSPS) is 42.7. The number of aliphatic hydroxyl groups excluding tert-OH is 2. The number of carbonyl (C=O) groups excluding carboxylic acids is 1. The molecule has 5 fully saturated rings. The minimum Gasteiger partial charge on any atom is -0.481 e. The monoisotopic (exact) mass is 726 g/mol.